The molecule has 0 bridgehead atoms. The molecule has 1 aliphatic heterocycles. The summed E-state index contributed by atoms with van der Waals surface area (Å²) in [7, 11) is 0. The Bertz CT molecular complexity index is 130. The highest BCUT2D eigenvalue weighted by Gasteiger charge is 2.32. The quantitative estimate of drug-likeness (QED) is 0.626. The van der Waals surface area contributed by atoms with E-state index < -0.39 is 0 Å². The van der Waals surface area contributed by atoms with E-state index >= 15 is 0 Å². The molecule has 2 rings (SSSR count). The molecule has 2 fully saturated rings. The third-order valence-electron chi connectivity index (χ3n) is 2.90. The second kappa shape index (κ2) is 3.11. The first-order chi connectivity index (χ1) is 5.36. The summed E-state index contributed by atoms with van der Waals surface area (Å²) in [5.74, 6) is 0.941. The van der Waals surface area contributed by atoms with Crippen molar-refractivity contribution >= 4 is 0 Å². The second-order valence-corrected chi connectivity index (χ2v) is 4.02. The largest absolute Gasteiger partial charge is 0.313 e. The number of hydrogen-bond donors (Lipinski definition) is 2. The van der Waals surface area contributed by atoms with Crippen LogP contribution in [0.4, 0.5) is 0 Å². The van der Waals surface area contributed by atoms with Crippen molar-refractivity contribution in [2.75, 3.05) is 13.1 Å². The predicted octanol–water partition coefficient (Wildman–Crippen LogP) is 0.736. The van der Waals surface area contributed by atoms with E-state index in [1.54, 1.807) is 0 Å². The summed E-state index contributed by atoms with van der Waals surface area (Å²) in [6.45, 7) is 4.74. The Balaban J connectivity index is 1.59. The average molecular weight is 154 g/mol. The lowest BCUT2D eigenvalue weighted by Crippen LogP contribution is -2.35. The molecule has 0 spiro atoms. The zero-order valence-corrected chi connectivity index (χ0v) is 7.27. The topological polar surface area (TPSA) is 24.1 Å². The molecule has 3 unspecified atom stereocenters. The van der Waals surface area contributed by atoms with Crippen LogP contribution in [0.5, 0.6) is 0 Å². The molecule has 2 N–H and O–H groups in total. The molecule has 1 saturated heterocycles. The number of nitrogens with one attached hydrogen (secondary N) is 2. The lowest BCUT2D eigenvalue weighted by molar-refractivity contribution is 0.524. The van der Waals surface area contributed by atoms with Gasteiger partial charge in [0.25, 0.3) is 0 Å². The van der Waals surface area contributed by atoms with E-state index in [-0.39, 0.29) is 0 Å². The van der Waals surface area contributed by atoms with E-state index in [9.17, 15) is 0 Å². The molecule has 2 heteroatoms. The highest BCUT2D eigenvalue weighted by molar-refractivity contribution is 4.91. The minimum absolute atomic E-state index is 0.766. The van der Waals surface area contributed by atoms with Gasteiger partial charge in [-0.1, -0.05) is 6.92 Å². The molecule has 0 amide bonds. The maximum absolute atomic E-state index is 3.59. The van der Waals surface area contributed by atoms with Crippen LogP contribution in [0.2, 0.25) is 0 Å². The molecule has 1 heterocycles. The zero-order valence-electron chi connectivity index (χ0n) is 7.27. The molecule has 2 nitrogen and oxygen atoms in total. The fraction of sp³-hybridized carbons (Fsp3) is 1.00. The predicted molar refractivity (Wildman–Crippen MR) is 46.6 cm³/mol. The first-order valence-corrected chi connectivity index (χ1v) is 4.83. The van der Waals surface area contributed by atoms with Crippen molar-refractivity contribution in [3.05, 3.63) is 0 Å². The fourth-order valence-electron chi connectivity index (χ4n) is 1.83. The van der Waals surface area contributed by atoms with Crippen molar-refractivity contribution < 1.29 is 0 Å². The van der Waals surface area contributed by atoms with Crippen LogP contribution in [0, 0.1) is 5.92 Å². The Morgan fingerprint density at radius 1 is 1.55 bits per heavy atom. The van der Waals surface area contributed by atoms with Crippen molar-refractivity contribution in [1.29, 1.82) is 0 Å². The molecular weight excluding hydrogens is 136 g/mol. The lowest BCUT2D eigenvalue weighted by Gasteiger charge is -2.10. The van der Waals surface area contributed by atoms with Crippen LogP contribution in [0.3, 0.4) is 0 Å². The van der Waals surface area contributed by atoms with Gasteiger partial charge in [0.1, 0.15) is 0 Å². The van der Waals surface area contributed by atoms with Crippen LogP contribution >= 0.6 is 0 Å². The van der Waals surface area contributed by atoms with Gasteiger partial charge in [-0.15, -0.1) is 0 Å². The summed E-state index contributed by atoms with van der Waals surface area (Å²) in [6, 6.07) is 1.61. The van der Waals surface area contributed by atoms with Gasteiger partial charge in [-0.25, -0.2) is 0 Å². The van der Waals surface area contributed by atoms with Crippen molar-refractivity contribution in [3.63, 3.8) is 0 Å². The number of rotatable bonds is 3. The van der Waals surface area contributed by atoms with E-state index in [0.29, 0.717) is 0 Å². The van der Waals surface area contributed by atoms with E-state index in [1.807, 2.05) is 0 Å². The standard InChI is InChI=1S/C9H18N2/c1-7-5-9(7)11-6-8-3-2-4-10-8/h7-11H,2-6H2,1H3. The maximum Gasteiger partial charge on any atom is 0.0193 e. The first-order valence-electron chi connectivity index (χ1n) is 4.83. The van der Waals surface area contributed by atoms with Crippen LogP contribution in [-0.2, 0) is 0 Å². The fourth-order valence-corrected chi connectivity index (χ4v) is 1.83. The molecule has 11 heavy (non-hydrogen) atoms. The molecule has 0 aromatic rings. The summed E-state index contributed by atoms with van der Waals surface area (Å²) in [5.41, 5.74) is 0. The Morgan fingerprint density at radius 2 is 2.36 bits per heavy atom. The smallest absolute Gasteiger partial charge is 0.0193 e. The van der Waals surface area contributed by atoms with Crippen molar-refractivity contribution in [2.24, 2.45) is 5.92 Å². The Hall–Kier alpha value is -0.0800. The molecule has 64 valence electrons. The van der Waals surface area contributed by atoms with Gasteiger partial charge in [0.05, 0.1) is 0 Å². The summed E-state index contributed by atoms with van der Waals surface area (Å²) in [4.78, 5) is 0. The van der Waals surface area contributed by atoms with Gasteiger partial charge in [0.15, 0.2) is 0 Å². The normalized spacial score (nSPS) is 42.8. The van der Waals surface area contributed by atoms with Crippen LogP contribution in [0.15, 0.2) is 0 Å². The molecule has 0 aromatic carbocycles. The summed E-state index contributed by atoms with van der Waals surface area (Å²) in [5, 5.41) is 7.08. The summed E-state index contributed by atoms with van der Waals surface area (Å²) in [6.07, 6.45) is 4.13. The molecule has 3 atom stereocenters. The Morgan fingerprint density at radius 3 is 2.91 bits per heavy atom. The van der Waals surface area contributed by atoms with Crippen molar-refractivity contribution in [2.45, 2.75) is 38.3 Å². The van der Waals surface area contributed by atoms with E-state index in [0.717, 1.165) is 18.0 Å². The Kier molecular flexibility index (Phi) is 2.14. The molecule has 0 aromatic heterocycles. The van der Waals surface area contributed by atoms with Gasteiger partial charge < -0.3 is 10.6 Å². The van der Waals surface area contributed by atoms with Crippen LogP contribution in [0.25, 0.3) is 0 Å². The maximum atomic E-state index is 3.59. The molecule has 1 saturated carbocycles. The molecule has 0 radical (unpaired) electrons. The third kappa shape index (κ3) is 1.94. The van der Waals surface area contributed by atoms with E-state index in [1.165, 1.54) is 32.4 Å². The zero-order chi connectivity index (χ0) is 7.68. The van der Waals surface area contributed by atoms with Gasteiger partial charge in [-0.3, -0.25) is 0 Å². The molecular formula is C9H18N2. The van der Waals surface area contributed by atoms with E-state index in [4.69, 9.17) is 0 Å². The van der Waals surface area contributed by atoms with Crippen molar-refractivity contribution in [1.82, 2.24) is 10.6 Å². The van der Waals surface area contributed by atoms with Gasteiger partial charge in [0, 0.05) is 18.6 Å². The Labute approximate surface area is 68.7 Å². The van der Waals surface area contributed by atoms with Crippen LogP contribution in [-0.4, -0.2) is 25.2 Å². The third-order valence-corrected chi connectivity index (χ3v) is 2.90. The molecule has 1 aliphatic carbocycles. The number of hydrogen-bond acceptors (Lipinski definition) is 2. The summed E-state index contributed by atoms with van der Waals surface area (Å²) >= 11 is 0. The minimum Gasteiger partial charge on any atom is -0.313 e. The van der Waals surface area contributed by atoms with E-state index in [2.05, 4.69) is 17.6 Å². The highest BCUT2D eigenvalue weighted by atomic mass is 15.0. The SMILES string of the molecule is CC1CC1NCC1CCCN1. The van der Waals surface area contributed by atoms with Gasteiger partial charge >= 0.3 is 0 Å². The van der Waals surface area contributed by atoms with Gasteiger partial charge in [-0.05, 0) is 31.7 Å². The monoisotopic (exact) mass is 154 g/mol. The second-order valence-electron chi connectivity index (χ2n) is 4.02. The lowest BCUT2D eigenvalue weighted by atomic mass is 10.2. The minimum atomic E-state index is 0.766. The molecule has 2 aliphatic rings. The average Bonchev–Trinajstić information content (AvgIpc) is 2.55. The van der Waals surface area contributed by atoms with Crippen LogP contribution < -0.4 is 10.6 Å². The highest BCUT2D eigenvalue weighted by Crippen LogP contribution is 2.28. The van der Waals surface area contributed by atoms with Crippen molar-refractivity contribution in [3.8, 4) is 0 Å². The van der Waals surface area contributed by atoms with Crippen LogP contribution in [0.1, 0.15) is 26.2 Å². The summed E-state index contributed by atoms with van der Waals surface area (Å²) < 4.78 is 0. The van der Waals surface area contributed by atoms with Gasteiger partial charge in [0.2, 0.25) is 0 Å². The first kappa shape index (κ1) is 7.56. The van der Waals surface area contributed by atoms with Gasteiger partial charge in [-0.2, -0.15) is 0 Å².